The van der Waals surface area contributed by atoms with E-state index in [0.29, 0.717) is 18.7 Å². The Morgan fingerprint density at radius 3 is 2.57 bits per heavy atom. The lowest BCUT2D eigenvalue weighted by Crippen LogP contribution is -2.36. The molecule has 21 heavy (non-hydrogen) atoms. The number of carbonyl (C=O) groups is 2. The van der Waals surface area contributed by atoms with Gasteiger partial charge in [0.25, 0.3) is 5.91 Å². The number of carbonyl (C=O) groups excluding carboxylic acids is 1. The SMILES string of the molecule is CCCN(CC(=O)O)C(=O)c1n[nH]nc1-c1ccccc1. The Balaban J connectivity index is 2.31. The van der Waals surface area contributed by atoms with E-state index >= 15 is 0 Å². The molecule has 1 amide bonds. The summed E-state index contributed by atoms with van der Waals surface area (Å²) < 4.78 is 0. The second-order valence-corrected chi connectivity index (χ2v) is 4.51. The first-order chi connectivity index (χ1) is 10.1. The molecule has 0 aliphatic rings. The fourth-order valence-corrected chi connectivity index (χ4v) is 2.01. The molecule has 0 unspecified atom stereocenters. The highest BCUT2D eigenvalue weighted by atomic mass is 16.4. The molecule has 0 saturated heterocycles. The summed E-state index contributed by atoms with van der Waals surface area (Å²) in [5.41, 5.74) is 1.31. The van der Waals surface area contributed by atoms with E-state index in [9.17, 15) is 9.59 Å². The number of aromatic nitrogens is 3. The zero-order chi connectivity index (χ0) is 15.2. The number of carboxylic acids is 1. The van der Waals surface area contributed by atoms with Gasteiger partial charge in [0.1, 0.15) is 12.2 Å². The summed E-state index contributed by atoms with van der Waals surface area (Å²) in [6, 6.07) is 9.16. The van der Waals surface area contributed by atoms with Crippen LogP contribution < -0.4 is 0 Å². The third kappa shape index (κ3) is 3.44. The Hall–Kier alpha value is -2.70. The number of H-pyrrole nitrogens is 1. The fourth-order valence-electron chi connectivity index (χ4n) is 2.01. The second-order valence-electron chi connectivity index (χ2n) is 4.51. The van der Waals surface area contributed by atoms with E-state index < -0.39 is 11.9 Å². The topological polar surface area (TPSA) is 99.2 Å². The third-order valence-electron chi connectivity index (χ3n) is 2.90. The molecule has 1 aromatic heterocycles. The van der Waals surface area contributed by atoms with Crippen molar-refractivity contribution in [1.29, 1.82) is 0 Å². The number of benzene rings is 1. The minimum Gasteiger partial charge on any atom is -0.480 e. The highest BCUT2D eigenvalue weighted by molar-refractivity contribution is 5.99. The summed E-state index contributed by atoms with van der Waals surface area (Å²) in [5, 5.41) is 19.2. The van der Waals surface area contributed by atoms with Crippen molar-refractivity contribution < 1.29 is 14.7 Å². The minimum atomic E-state index is -1.05. The quantitative estimate of drug-likeness (QED) is 0.837. The molecule has 7 heteroatoms. The number of nitrogens with zero attached hydrogens (tertiary/aromatic N) is 3. The predicted molar refractivity (Wildman–Crippen MR) is 75.6 cm³/mol. The molecular formula is C14H16N4O3. The highest BCUT2D eigenvalue weighted by Crippen LogP contribution is 2.20. The van der Waals surface area contributed by atoms with Crippen LogP contribution in [-0.2, 0) is 4.79 Å². The maximum absolute atomic E-state index is 12.5. The lowest BCUT2D eigenvalue weighted by Gasteiger charge is -2.18. The van der Waals surface area contributed by atoms with Gasteiger partial charge in [0.15, 0.2) is 5.69 Å². The average molecular weight is 288 g/mol. The number of amides is 1. The van der Waals surface area contributed by atoms with Crippen molar-refractivity contribution >= 4 is 11.9 Å². The van der Waals surface area contributed by atoms with Crippen molar-refractivity contribution in [2.24, 2.45) is 0 Å². The molecule has 1 heterocycles. The van der Waals surface area contributed by atoms with Crippen LogP contribution in [0.15, 0.2) is 30.3 Å². The molecule has 0 spiro atoms. The number of carboxylic acid groups (broad SMARTS) is 1. The van der Waals surface area contributed by atoms with Gasteiger partial charge in [-0.05, 0) is 6.42 Å². The molecule has 0 atom stereocenters. The lowest BCUT2D eigenvalue weighted by molar-refractivity contribution is -0.137. The molecule has 0 radical (unpaired) electrons. The van der Waals surface area contributed by atoms with Crippen LogP contribution in [0.3, 0.4) is 0 Å². The minimum absolute atomic E-state index is 0.135. The molecule has 2 aromatic rings. The average Bonchev–Trinajstić information content (AvgIpc) is 2.96. The van der Waals surface area contributed by atoms with Crippen LogP contribution in [0.1, 0.15) is 23.8 Å². The van der Waals surface area contributed by atoms with Gasteiger partial charge in [0.2, 0.25) is 0 Å². The van der Waals surface area contributed by atoms with Crippen LogP contribution in [0.25, 0.3) is 11.3 Å². The van der Waals surface area contributed by atoms with Crippen molar-refractivity contribution in [2.45, 2.75) is 13.3 Å². The van der Waals surface area contributed by atoms with Gasteiger partial charge in [-0.1, -0.05) is 37.3 Å². The van der Waals surface area contributed by atoms with Gasteiger partial charge < -0.3 is 10.0 Å². The first-order valence-electron chi connectivity index (χ1n) is 6.60. The molecule has 2 rings (SSSR count). The zero-order valence-electron chi connectivity index (χ0n) is 11.6. The number of hydrogen-bond donors (Lipinski definition) is 2. The predicted octanol–water partition coefficient (Wildman–Crippen LogP) is 1.41. The fraction of sp³-hybridized carbons (Fsp3) is 0.286. The summed E-state index contributed by atoms with van der Waals surface area (Å²) in [6.07, 6.45) is 0.664. The van der Waals surface area contributed by atoms with Crippen LogP contribution in [-0.4, -0.2) is 50.4 Å². The molecule has 0 aliphatic carbocycles. The Morgan fingerprint density at radius 1 is 1.24 bits per heavy atom. The van der Waals surface area contributed by atoms with E-state index in [0.717, 1.165) is 5.56 Å². The number of aliphatic carboxylic acids is 1. The van der Waals surface area contributed by atoms with Gasteiger partial charge in [-0.2, -0.15) is 15.4 Å². The standard InChI is InChI=1S/C14H16N4O3/c1-2-8-18(9-11(19)20)14(21)13-12(15-17-16-13)10-6-4-3-5-7-10/h3-7H,2,8-9H2,1H3,(H,19,20)(H,15,16,17). The Labute approximate surface area is 121 Å². The lowest BCUT2D eigenvalue weighted by atomic mass is 10.1. The maximum Gasteiger partial charge on any atom is 0.323 e. The van der Waals surface area contributed by atoms with Crippen LogP contribution in [0.5, 0.6) is 0 Å². The van der Waals surface area contributed by atoms with Gasteiger partial charge in [0, 0.05) is 12.1 Å². The molecule has 0 fully saturated rings. The summed E-state index contributed by atoms with van der Waals surface area (Å²) in [7, 11) is 0. The summed E-state index contributed by atoms with van der Waals surface area (Å²) in [5.74, 6) is -1.49. The normalized spacial score (nSPS) is 10.3. The van der Waals surface area contributed by atoms with E-state index in [1.807, 2.05) is 37.3 Å². The van der Waals surface area contributed by atoms with E-state index in [2.05, 4.69) is 15.4 Å². The van der Waals surface area contributed by atoms with Gasteiger partial charge in [-0.15, -0.1) is 0 Å². The summed E-state index contributed by atoms with van der Waals surface area (Å²) in [4.78, 5) is 24.6. The largest absolute Gasteiger partial charge is 0.480 e. The molecule has 110 valence electrons. The number of nitrogens with one attached hydrogen (secondary N) is 1. The van der Waals surface area contributed by atoms with Crippen molar-refractivity contribution in [3.8, 4) is 11.3 Å². The molecule has 7 nitrogen and oxygen atoms in total. The van der Waals surface area contributed by atoms with Crippen molar-refractivity contribution in [3.05, 3.63) is 36.0 Å². The Bertz CT molecular complexity index is 624. The molecule has 0 saturated carbocycles. The third-order valence-corrected chi connectivity index (χ3v) is 2.90. The number of rotatable bonds is 6. The Morgan fingerprint density at radius 2 is 1.95 bits per heavy atom. The van der Waals surface area contributed by atoms with Gasteiger partial charge in [-0.3, -0.25) is 9.59 Å². The Kier molecular flexibility index (Phi) is 4.65. The van der Waals surface area contributed by atoms with E-state index in [1.165, 1.54) is 4.90 Å². The van der Waals surface area contributed by atoms with Crippen LogP contribution in [0.2, 0.25) is 0 Å². The highest BCUT2D eigenvalue weighted by Gasteiger charge is 2.24. The number of hydrogen-bond acceptors (Lipinski definition) is 4. The molecular weight excluding hydrogens is 272 g/mol. The van der Waals surface area contributed by atoms with Crippen molar-refractivity contribution in [3.63, 3.8) is 0 Å². The zero-order valence-corrected chi connectivity index (χ0v) is 11.6. The van der Waals surface area contributed by atoms with Gasteiger partial charge >= 0.3 is 5.97 Å². The van der Waals surface area contributed by atoms with Crippen molar-refractivity contribution in [1.82, 2.24) is 20.3 Å². The summed E-state index contributed by atoms with van der Waals surface area (Å²) in [6.45, 7) is 1.88. The van der Waals surface area contributed by atoms with Gasteiger partial charge in [0.05, 0.1) is 0 Å². The molecule has 1 aromatic carbocycles. The van der Waals surface area contributed by atoms with E-state index in [1.54, 1.807) is 0 Å². The second kappa shape index (κ2) is 6.65. The van der Waals surface area contributed by atoms with Crippen molar-refractivity contribution in [2.75, 3.05) is 13.1 Å². The molecule has 2 N–H and O–H groups in total. The smallest absolute Gasteiger partial charge is 0.323 e. The molecule has 0 aliphatic heterocycles. The van der Waals surface area contributed by atoms with Crippen LogP contribution >= 0.6 is 0 Å². The van der Waals surface area contributed by atoms with E-state index in [-0.39, 0.29) is 12.2 Å². The van der Waals surface area contributed by atoms with Crippen LogP contribution in [0, 0.1) is 0 Å². The number of aromatic amines is 1. The molecule has 0 bridgehead atoms. The van der Waals surface area contributed by atoms with Crippen LogP contribution in [0.4, 0.5) is 0 Å². The monoisotopic (exact) mass is 288 g/mol. The van der Waals surface area contributed by atoms with E-state index in [4.69, 9.17) is 5.11 Å². The maximum atomic E-state index is 12.5. The summed E-state index contributed by atoms with van der Waals surface area (Å²) >= 11 is 0. The first kappa shape index (κ1) is 14.7. The first-order valence-corrected chi connectivity index (χ1v) is 6.60. The van der Waals surface area contributed by atoms with Gasteiger partial charge in [-0.25, -0.2) is 0 Å².